The number of hydrogen-bond donors (Lipinski definition) is 1. The second kappa shape index (κ2) is 4.80. The summed E-state index contributed by atoms with van der Waals surface area (Å²) in [6.45, 7) is 2.25. The highest BCUT2D eigenvalue weighted by molar-refractivity contribution is 9.10. The number of halogens is 1. The van der Waals surface area contributed by atoms with Crippen LogP contribution in [0, 0.1) is 5.92 Å². The Bertz CT molecular complexity index is 342. The molecule has 2 N–H and O–H groups in total. The smallest absolute Gasteiger partial charge is 0.148 e. The molecule has 2 rings (SSSR count). The molecule has 0 spiro atoms. The van der Waals surface area contributed by atoms with Crippen molar-refractivity contribution in [2.45, 2.75) is 44.6 Å². The van der Waals surface area contributed by atoms with Gasteiger partial charge in [0.25, 0.3) is 0 Å². The third-order valence-corrected chi connectivity index (χ3v) is 4.05. The van der Waals surface area contributed by atoms with Crippen LogP contribution >= 0.6 is 15.9 Å². The van der Waals surface area contributed by atoms with E-state index in [1.54, 1.807) is 12.4 Å². The first-order chi connectivity index (χ1) is 7.64. The Balaban J connectivity index is 2.11. The minimum absolute atomic E-state index is 0.299. The van der Waals surface area contributed by atoms with Crippen molar-refractivity contribution in [1.29, 1.82) is 0 Å². The summed E-state index contributed by atoms with van der Waals surface area (Å²) < 4.78 is 0.905. The monoisotopic (exact) mass is 283 g/mol. The summed E-state index contributed by atoms with van der Waals surface area (Å²) in [6, 6.07) is 0. The minimum Gasteiger partial charge on any atom is -0.319 e. The largest absolute Gasteiger partial charge is 0.319 e. The van der Waals surface area contributed by atoms with Gasteiger partial charge in [-0.05, 0) is 47.5 Å². The molecule has 0 aliphatic heterocycles. The lowest BCUT2D eigenvalue weighted by Gasteiger charge is -2.35. The second-order valence-electron chi connectivity index (χ2n) is 4.73. The van der Waals surface area contributed by atoms with Crippen molar-refractivity contribution in [2.24, 2.45) is 11.7 Å². The summed E-state index contributed by atoms with van der Waals surface area (Å²) in [5.74, 6) is 1.64. The highest BCUT2D eigenvalue weighted by Crippen LogP contribution is 2.37. The van der Waals surface area contributed by atoms with Gasteiger partial charge in [-0.2, -0.15) is 0 Å². The van der Waals surface area contributed by atoms with Crippen LogP contribution in [0.15, 0.2) is 16.9 Å². The molecule has 88 valence electrons. The van der Waals surface area contributed by atoms with Crippen LogP contribution < -0.4 is 5.73 Å². The van der Waals surface area contributed by atoms with Crippen molar-refractivity contribution in [3.63, 3.8) is 0 Å². The van der Waals surface area contributed by atoms with Crippen molar-refractivity contribution in [2.75, 3.05) is 0 Å². The van der Waals surface area contributed by atoms with Gasteiger partial charge < -0.3 is 5.73 Å². The Kier molecular flexibility index (Phi) is 3.60. The van der Waals surface area contributed by atoms with Crippen LogP contribution in [-0.2, 0) is 5.54 Å². The number of rotatable bonds is 2. The molecule has 3 nitrogen and oxygen atoms in total. The maximum absolute atomic E-state index is 6.41. The highest BCUT2D eigenvalue weighted by atomic mass is 79.9. The molecule has 1 aromatic rings. The Morgan fingerprint density at radius 1 is 1.38 bits per heavy atom. The van der Waals surface area contributed by atoms with Crippen molar-refractivity contribution in [3.05, 3.63) is 22.7 Å². The molecule has 1 fully saturated rings. The second-order valence-corrected chi connectivity index (χ2v) is 5.65. The number of hydrogen-bond acceptors (Lipinski definition) is 3. The van der Waals surface area contributed by atoms with Crippen LogP contribution in [0.25, 0.3) is 0 Å². The van der Waals surface area contributed by atoms with E-state index in [2.05, 4.69) is 32.8 Å². The van der Waals surface area contributed by atoms with E-state index >= 15 is 0 Å². The molecule has 1 aromatic heterocycles. The zero-order valence-corrected chi connectivity index (χ0v) is 11.2. The quantitative estimate of drug-likeness (QED) is 0.908. The number of aromatic nitrogens is 2. The zero-order chi connectivity index (χ0) is 11.6. The first-order valence-corrected chi connectivity index (χ1v) is 6.70. The lowest BCUT2D eigenvalue weighted by atomic mass is 9.76. The molecule has 1 heterocycles. The summed E-state index contributed by atoms with van der Waals surface area (Å²) in [5, 5.41) is 0. The van der Waals surface area contributed by atoms with Crippen molar-refractivity contribution in [1.82, 2.24) is 9.97 Å². The van der Waals surface area contributed by atoms with E-state index in [9.17, 15) is 0 Å². The van der Waals surface area contributed by atoms with Gasteiger partial charge in [0.15, 0.2) is 0 Å². The SMILES string of the molecule is CCC1CCC(N)(c2ncc(Br)cn2)CC1. The summed E-state index contributed by atoms with van der Waals surface area (Å²) >= 11 is 3.34. The summed E-state index contributed by atoms with van der Waals surface area (Å²) in [6.07, 6.45) is 9.24. The topological polar surface area (TPSA) is 51.8 Å². The average Bonchev–Trinajstić information content (AvgIpc) is 2.31. The van der Waals surface area contributed by atoms with Gasteiger partial charge in [-0.1, -0.05) is 13.3 Å². The molecule has 4 heteroatoms. The van der Waals surface area contributed by atoms with E-state index in [4.69, 9.17) is 5.73 Å². The van der Waals surface area contributed by atoms with Gasteiger partial charge in [0.1, 0.15) is 5.82 Å². The van der Waals surface area contributed by atoms with E-state index in [-0.39, 0.29) is 5.54 Å². The lowest BCUT2D eigenvalue weighted by Crippen LogP contribution is -2.42. The molecule has 0 atom stereocenters. The fourth-order valence-electron chi connectivity index (χ4n) is 2.39. The fourth-order valence-corrected chi connectivity index (χ4v) is 2.60. The number of nitrogens with two attached hydrogens (primary N) is 1. The van der Waals surface area contributed by atoms with Crippen LogP contribution in [0.5, 0.6) is 0 Å². The molecule has 1 saturated carbocycles. The Morgan fingerprint density at radius 3 is 2.44 bits per heavy atom. The Hall–Kier alpha value is -0.480. The first-order valence-electron chi connectivity index (χ1n) is 5.91. The normalized spacial score (nSPS) is 30.3. The third-order valence-electron chi connectivity index (χ3n) is 3.64. The number of nitrogens with zero attached hydrogens (tertiary/aromatic N) is 2. The molecule has 0 bridgehead atoms. The van der Waals surface area contributed by atoms with E-state index in [0.29, 0.717) is 0 Å². The van der Waals surface area contributed by atoms with Gasteiger partial charge in [0, 0.05) is 12.4 Å². The maximum atomic E-state index is 6.41. The fraction of sp³-hybridized carbons (Fsp3) is 0.667. The molecule has 16 heavy (non-hydrogen) atoms. The predicted octanol–water partition coefficient (Wildman–Crippen LogP) is 2.99. The zero-order valence-electron chi connectivity index (χ0n) is 9.62. The van der Waals surface area contributed by atoms with E-state index in [1.165, 1.54) is 19.3 Å². The molecule has 0 unspecified atom stereocenters. The van der Waals surface area contributed by atoms with Gasteiger partial charge in [0.05, 0.1) is 10.0 Å². The van der Waals surface area contributed by atoms with Gasteiger partial charge in [-0.25, -0.2) is 9.97 Å². The molecule has 1 aliphatic carbocycles. The van der Waals surface area contributed by atoms with Gasteiger partial charge >= 0.3 is 0 Å². The molecular formula is C12H18BrN3. The molecule has 1 aliphatic rings. The molecule has 0 amide bonds. The van der Waals surface area contributed by atoms with Crippen LogP contribution in [0.3, 0.4) is 0 Å². The van der Waals surface area contributed by atoms with Crippen LogP contribution in [-0.4, -0.2) is 9.97 Å². The van der Waals surface area contributed by atoms with E-state index in [0.717, 1.165) is 29.1 Å². The Labute approximate surface area is 105 Å². The van der Waals surface area contributed by atoms with Gasteiger partial charge in [-0.3, -0.25) is 0 Å². The molecule has 0 aromatic carbocycles. The predicted molar refractivity (Wildman–Crippen MR) is 67.8 cm³/mol. The first kappa shape index (κ1) is 12.0. The van der Waals surface area contributed by atoms with Crippen LogP contribution in [0.1, 0.15) is 44.9 Å². The Morgan fingerprint density at radius 2 is 1.94 bits per heavy atom. The van der Waals surface area contributed by atoms with Crippen LogP contribution in [0.4, 0.5) is 0 Å². The maximum Gasteiger partial charge on any atom is 0.148 e. The van der Waals surface area contributed by atoms with E-state index < -0.39 is 0 Å². The average molecular weight is 284 g/mol. The van der Waals surface area contributed by atoms with E-state index in [1.807, 2.05) is 0 Å². The summed E-state index contributed by atoms with van der Waals surface area (Å²) in [4.78, 5) is 8.68. The van der Waals surface area contributed by atoms with Crippen molar-refractivity contribution < 1.29 is 0 Å². The van der Waals surface area contributed by atoms with Gasteiger partial charge in [0.2, 0.25) is 0 Å². The lowest BCUT2D eigenvalue weighted by molar-refractivity contribution is 0.222. The molecular weight excluding hydrogens is 266 g/mol. The molecule has 0 saturated heterocycles. The van der Waals surface area contributed by atoms with Crippen LogP contribution in [0.2, 0.25) is 0 Å². The third kappa shape index (κ3) is 2.43. The highest BCUT2D eigenvalue weighted by Gasteiger charge is 2.34. The molecule has 0 radical (unpaired) electrons. The standard InChI is InChI=1S/C12H18BrN3/c1-2-9-3-5-12(14,6-4-9)11-15-7-10(13)8-16-11/h7-9H,2-6,14H2,1H3. The van der Waals surface area contributed by atoms with Crippen molar-refractivity contribution >= 4 is 15.9 Å². The summed E-state index contributed by atoms with van der Waals surface area (Å²) in [7, 11) is 0. The van der Waals surface area contributed by atoms with Gasteiger partial charge in [-0.15, -0.1) is 0 Å². The summed E-state index contributed by atoms with van der Waals surface area (Å²) in [5.41, 5.74) is 6.11. The van der Waals surface area contributed by atoms with Crippen molar-refractivity contribution in [3.8, 4) is 0 Å². The minimum atomic E-state index is -0.299.